The predicted molar refractivity (Wildman–Crippen MR) is 85.1 cm³/mol. The predicted octanol–water partition coefficient (Wildman–Crippen LogP) is 3.72. The van der Waals surface area contributed by atoms with Crippen LogP contribution >= 0.6 is 12.2 Å². The minimum Gasteiger partial charge on any atom is -0.360 e. The number of hydrogen-bond acceptors (Lipinski definition) is 1. The second kappa shape index (κ2) is 7.49. The van der Waals surface area contributed by atoms with Crippen molar-refractivity contribution in [1.82, 2.24) is 10.2 Å². The van der Waals surface area contributed by atoms with E-state index in [9.17, 15) is 0 Å². The molecule has 0 saturated heterocycles. The van der Waals surface area contributed by atoms with E-state index in [1.54, 1.807) is 0 Å². The number of hydrogen-bond donors (Lipinski definition) is 1. The van der Waals surface area contributed by atoms with Gasteiger partial charge in [0.25, 0.3) is 0 Å². The van der Waals surface area contributed by atoms with Crippen LogP contribution in [0.4, 0.5) is 0 Å². The van der Waals surface area contributed by atoms with E-state index in [-0.39, 0.29) is 0 Å². The lowest BCUT2D eigenvalue weighted by Crippen LogP contribution is -2.44. The third-order valence-corrected chi connectivity index (χ3v) is 4.19. The number of benzene rings is 1. The topological polar surface area (TPSA) is 15.3 Å². The first-order chi connectivity index (χ1) is 9.29. The molecule has 3 heteroatoms. The Balaban J connectivity index is 1.87. The molecule has 0 amide bonds. The van der Waals surface area contributed by atoms with Gasteiger partial charge in [0.2, 0.25) is 0 Å². The molecule has 0 bridgehead atoms. The lowest BCUT2D eigenvalue weighted by atomic mass is 9.96. The first-order valence-electron chi connectivity index (χ1n) is 7.39. The van der Waals surface area contributed by atoms with Gasteiger partial charge in [-0.1, -0.05) is 49.6 Å². The second-order valence-electron chi connectivity index (χ2n) is 5.28. The molecule has 0 unspecified atom stereocenters. The Bertz CT molecular complexity index is 385. The van der Waals surface area contributed by atoms with Crippen LogP contribution in [0, 0.1) is 0 Å². The zero-order chi connectivity index (χ0) is 13.5. The summed E-state index contributed by atoms with van der Waals surface area (Å²) in [4.78, 5) is 2.25. The highest BCUT2D eigenvalue weighted by Crippen LogP contribution is 2.17. The third kappa shape index (κ3) is 4.50. The van der Waals surface area contributed by atoms with Crippen LogP contribution in [-0.2, 0) is 6.54 Å². The van der Waals surface area contributed by atoms with Gasteiger partial charge in [0.05, 0.1) is 0 Å². The van der Waals surface area contributed by atoms with Gasteiger partial charge >= 0.3 is 0 Å². The lowest BCUT2D eigenvalue weighted by molar-refractivity contribution is 0.376. The molecule has 0 heterocycles. The molecule has 0 radical (unpaired) electrons. The van der Waals surface area contributed by atoms with Crippen LogP contribution in [-0.4, -0.2) is 22.6 Å². The summed E-state index contributed by atoms with van der Waals surface area (Å²) in [6, 6.07) is 11.1. The Labute approximate surface area is 122 Å². The Hall–Kier alpha value is -1.09. The summed E-state index contributed by atoms with van der Waals surface area (Å²) in [6.07, 6.45) is 6.59. The third-order valence-electron chi connectivity index (χ3n) is 3.82. The molecular formula is C16H24N2S. The standard InChI is InChI=1S/C16H24N2S/c1-2-18(13-14-9-5-3-6-10-14)16(19)17-15-11-7-4-8-12-15/h3,5-6,9-10,15H,2,4,7-8,11-13H2,1H3,(H,17,19). The smallest absolute Gasteiger partial charge is 0.169 e. The highest BCUT2D eigenvalue weighted by atomic mass is 32.1. The fourth-order valence-corrected chi connectivity index (χ4v) is 3.00. The molecule has 104 valence electrons. The van der Waals surface area contributed by atoms with Gasteiger partial charge in [0.1, 0.15) is 0 Å². The SMILES string of the molecule is CCN(Cc1ccccc1)C(=S)NC1CCCCC1. The van der Waals surface area contributed by atoms with Crippen molar-refractivity contribution in [3.8, 4) is 0 Å². The molecule has 1 aliphatic carbocycles. The van der Waals surface area contributed by atoms with Crippen molar-refractivity contribution in [3.63, 3.8) is 0 Å². The molecular weight excluding hydrogens is 252 g/mol. The van der Waals surface area contributed by atoms with Gasteiger partial charge in [-0.2, -0.15) is 0 Å². The van der Waals surface area contributed by atoms with Gasteiger partial charge in [0.15, 0.2) is 5.11 Å². The average molecular weight is 276 g/mol. The highest BCUT2D eigenvalue weighted by Gasteiger charge is 2.16. The molecule has 1 fully saturated rings. The summed E-state index contributed by atoms with van der Waals surface area (Å²) >= 11 is 5.57. The molecule has 1 saturated carbocycles. The van der Waals surface area contributed by atoms with Crippen molar-refractivity contribution in [1.29, 1.82) is 0 Å². The molecule has 1 aromatic carbocycles. The zero-order valence-corrected chi connectivity index (χ0v) is 12.6. The molecule has 1 aliphatic rings. The lowest BCUT2D eigenvalue weighted by Gasteiger charge is -2.30. The summed E-state index contributed by atoms with van der Waals surface area (Å²) < 4.78 is 0. The van der Waals surface area contributed by atoms with Crippen molar-refractivity contribution >= 4 is 17.3 Å². The summed E-state index contributed by atoms with van der Waals surface area (Å²) in [5.41, 5.74) is 1.32. The monoisotopic (exact) mass is 276 g/mol. The zero-order valence-electron chi connectivity index (χ0n) is 11.8. The molecule has 2 rings (SSSR count). The maximum atomic E-state index is 5.57. The van der Waals surface area contributed by atoms with Gasteiger partial charge in [-0.3, -0.25) is 0 Å². The van der Waals surface area contributed by atoms with Crippen molar-refractivity contribution in [2.75, 3.05) is 6.54 Å². The first kappa shape index (κ1) is 14.3. The van der Waals surface area contributed by atoms with E-state index in [1.807, 2.05) is 0 Å². The van der Waals surface area contributed by atoms with E-state index >= 15 is 0 Å². The van der Waals surface area contributed by atoms with Crippen LogP contribution < -0.4 is 5.32 Å². The minimum absolute atomic E-state index is 0.589. The molecule has 1 N–H and O–H groups in total. The summed E-state index contributed by atoms with van der Waals surface area (Å²) in [7, 11) is 0. The van der Waals surface area contributed by atoms with Crippen LogP contribution in [0.5, 0.6) is 0 Å². The van der Waals surface area contributed by atoms with Crippen molar-refractivity contribution < 1.29 is 0 Å². The van der Waals surface area contributed by atoms with Gasteiger partial charge in [-0.15, -0.1) is 0 Å². The number of rotatable bonds is 4. The molecule has 0 spiro atoms. The van der Waals surface area contributed by atoms with Crippen LogP contribution in [0.3, 0.4) is 0 Å². The van der Waals surface area contributed by atoms with Gasteiger partial charge in [0, 0.05) is 19.1 Å². The van der Waals surface area contributed by atoms with E-state index in [4.69, 9.17) is 12.2 Å². The quantitative estimate of drug-likeness (QED) is 0.844. The summed E-state index contributed by atoms with van der Waals surface area (Å²) in [5.74, 6) is 0. The normalized spacial score (nSPS) is 16.1. The Morgan fingerprint density at radius 3 is 2.53 bits per heavy atom. The minimum atomic E-state index is 0.589. The highest BCUT2D eigenvalue weighted by molar-refractivity contribution is 7.80. The second-order valence-corrected chi connectivity index (χ2v) is 5.67. The maximum absolute atomic E-state index is 5.57. The van der Waals surface area contributed by atoms with Crippen LogP contribution in [0.25, 0.3) is 0 Å². The number of nitrogens with zero attached hydrogens (tertiary/aromatic N) is 1. The largest absolute Gasteiger partial charge is 0.360 e. The fraction of sp³-hybridized carbons (Fsp3) is 0.562. The molecule has 0 aromatic heterocycles. The number of nitrogens with one attached hydrogen (secondary N) is 1. The maximum Gasteiger partial charge on any atom is 0.169 e. The van der Waals surface area contributed by atoms with Crippen LogP contribution in [0.15, 0.2) is 30.3 Å². The van der Waals surface area contributed by atoms with Gasteiger partial charge in [-0.25, -0.2) is 0 Å². The van der Waals surface area contributed by atoms with E-state index in [0.29, 0.717) is 6.04 Å². The van der Waals surface area contributed by atoms with E-state index < -0.39 is 0 Å². The first-order valence-corrected chi connectivity index (χ1v) is 7.79. The molecule has 2 nitrogen and oxygen atoms in total. The Morgan fingerprint density at radius 2 is 1.89 bits per heavy atom. The summed E-state index contributed by atoms with van der Waals surface area (Å²) in [6.45, 7) is 4.02. The van der Waals surface area contributed by atoms with Gasteiger partial charge in [-0.05, 0) is 37.5 Å². The Morgan fingerprint density at radius 1 is 1.21 bits per heavy atom. The van der Waals surface area contributed by atoms with Gasteiger partial charge < -0.3 is 10.2 Å². The van der Waals surface area contributed by atoms with E-state index in [2.05, 4.69) is 47.5 Å². The molecule has 0 atom stereocenters. The molecule has 1 aromatic rings. The van der Waals surface area contributed by atoms with E-state index in [0.717, 1.165) is 18.2 Å². The molecule has 0 aliphatic heterocycles. The van der Waals surface area contributed by atoms with Crippen molar-refractivity contribution in [3.05, 3.63) is 35.9 Å². The van der Waals surface area contributed by atoms with Crippen molar-refractivity contribution in [2.24, 2.45) is 0 Å². The average Bonchev–Trinajstić information content (AvgIpc) is 2.47. The van der Waals surface area contributed by atoms with E-state index in [1.165, 1.54) is 37.7 Å². The van der Waals surface area contributed by atoms with Crippen LogP contribution in [0.2, 0.25) is 0 Å². The Kier molecular flexibility index (Phi) is 5.64. The summed E-state index contributed by atoms with van der Waals surface area (Å²) in [5, 5.41) is 4.46. The molecule has 19 heavy (non-hydrogen) atoms. The van der Waals surface area contributed by atoms with Crippen molar-refractivity contribution in [2.45, 2.75) is 51.6 Å². The fourth-order valence-electron chi connectivity index (χ4n) is 2.64. The number of thiocarbonyl (C=S) groups is 1. The van der Waals surface area contributed by atoms with Crippen LogP contribution in [0.1, 0.15) is 44.6 Å².